The zero-order chi connectivity index (χ0) is 24.5. The van der Waals surface area contributed by atoms with E-state index in [-0.39, 0.29) is 5.69 Å². The maximum Gasteiger partial charge on any atom is 0.416 e. The fourth-order valence-corrected chi connectivity index (χ4v) is 3.70. The van der Waals surface area contributed by atoms with Crippen LogP contribution in [0.1, 0.15) is 16.7 Å². The minimum Gasteiger partial charge on any atom is -0.311 e. The number of benzene rings is 3. The summed E-state index contributed by atoms with van der Waals surface area (Å²) >= 11 is 6.20. The molecule has 1 heterocycles. The number of anilines is 2. The van der Waals surface area contributed by atoms with Crippen LogP contribution in [0.2, 0.25) is 5.02 Å². The van der Waals surface area contributed by atoms with Crippen molar-refractivity contribution in [1.82, 2.24) is 5.32 Å². The molecule has 0 aliphatic carbocycles. The van der Waals surface area contributed by atoms with Crippen molar-refractivity contribution < 1.29 is 22.8 Å². The van der Waals surface area contributed by atoms with Crippen LogP contribution < -0.4 is 15.5 Å². The molecule has 174 valence electrons. The number of aliphatic imine (C=N–C) groups is 1. The number of likely N-dealkylation sites (N-methyl/N-ethyl adjacent to an activating group) is 1. The van der Waals surface area contributed by atoms with Crippen LogP contribution in [-0.4, -0.2) is 30.9 Å². The van der Waals surface area contributed by atoms with Crippen molar-refractivity contribution in [1.29, 1.82) is 0 Å². The van der Waals surface area contributed by atoms with E-state index in [0.29, 0.717) is 27.5 Å². The van der Waals surface area contributed by atoms with Gasteiger partial charge in [-0.3, -0.25) is 4.79 Å². The molecule has 0 radical (unpaired) electrons. The average Bonchev–Trinajstić information content (AvgIpc) is 2.89. The van der Waals surface area contributed by atoms with Crippen LogP contribution in [0.15, 0.2) is 77.8 Å². The summed E-state index contributed by atoms with van der Waals surface area (Å²) in [6, 6.07) is 17.4. The smallest absolute Gasteiger partial charge is 0.311 e. The summed E-state index contributed by atoms with van der Waals surface area (Å²) < 4.78 is 38.9. The largest absolute Gasteiger partial charge is 0.416 e. The summed E-state index contributed by atoms with van der Waals surface area (Å²) in [4.78, 5) is 31.6. The number of urea groups is 1. The Balaban J connectivity index is 1.67. The summed E-state index contributed by atoms with van der Waals surface area (Å²) in [5, 5.41) is 5.22. The Morgan fingerprint density at radius 3 is 2.47 bits per heavy atom. The molecule has 0 aromatic heterocycles. The van der Waals surface area contributed by atoms with E-state index in [1.54, 1.807) is 42.5 Å². The Hall–Kier alpha value is -3.85. The van der Waals surface area contributed by atoms with Crippen LogP contribution in [0.4, 0.5) is 29.3 Å². The predicted octanol–water partition coefficient (Wildman–Crippen LogP) is 5.32. The van der Waals surface area contributed by atoms with Gasteiger partial charge in [0.25, 0.3) is 5.91 Å². The van der Waals surface area contributed by atoms with Crippen molar-refractivity contribution in [3.63, 3.8) is 0 Å². The third-order valence-electron chi connectivity index (χ3n) is 5.16. The van der Waals surface area contributed by atoms with Crippen LogP contribution in [-0.2, 0) is 11.0 Å². The lowest BCUT2D eigenvalue weighted by Crippen LogP contribution is -2.47. The molecule has 1 aliphatic rings. The second kappa shape index (κ2) is 9.18. The molecule has 3 aromatic rings. The van der Waals surface area contributed by atoms with Gasteiger partial charge in [0.15, 0.2) is 0 Å². The Morgan fingerprint density at radius 1 is 1.03 bits per heavy atom. The Labute approximate surface area is 198 Å². The minimum atomic E-state index is -4.56. The summed E-state index contributed by atoms with van der Waals surface area (Å²) in [5.41, 5.74) is 1.27. The number of hydrogen-bond donors (Lipinski definition) is 2. The molecule has 0 saturated heterocycles. The van der Waals surface area contributed by atoms with Gasteiger partial charge in [-0.2, -0.15) is 13.2 Å². The molecule has 10 heteroatoms. The average molecular weight is 487 g/mol. The van der Waals surface area contributed by atoms with E-state index in [9.17, 15) is 22.8 Å². The first-order valence-corrected chi connectivity index (χ1v) is 10.5. The number of amides is 3. The van der Waals surface area contributed by atoms with Gasteiger partial charge >= 0.3 is 12.2 Å². The van der Waals surface area contributed by atoms with Gasteiger partial charge in [-0.05, 0) is 36.4 Å². The Bertz CT molecular complexity index is 1280. The highest BCUT2D eigenvalue weighted by Crippen LogP contribution is 2.31. The molecule has 3 amide bonds. The van der Waals surface area contributed by atoms with E-state index in [1.165, 1.54) is 24.1 Å². The number of hydrogen-bond acceptors (Lipinski definition) is 3. The predicted molar refractivity (Wildman–Crippen MR) is 124 cm³/mol. The molecule has 0 fully saturated rings. The molecule has 0 saturated carbocycles. The number of nitrogens with zero attached hydrogens (tertiary/aromatic N) is 2. The maximum absolute atomic E-state index is 13.1. The molecule has 6 nitrogen and oxygen atoms in total. The Kier molecular flexibility index (Phi) is 6.30. The van der Waals surface area contributed by atoms with E-state index in [1.807, 2.05) is 6.07 Å². The van der Waals surface area contributed by atoms with Gasteiger partial charge in [0.2, 0.25) is 6.17 Å². The molecule has 2 N–H and O–H groups in total. The number of fused-ring (bicyclic) bond motifs is 1. The highest BCUT2D eigenvalue weighted by molar-refractivity contribution is 6.32. The fraction of sp³-hybridized carbons (Fsp3) is 0.125. The van der Waals surface area contributed by atoms with Crippen LogP contribution in [0.25, 0.3) is 0 Å². The second-order valence-corrected chi connectivity index (χ2v) is 7.92. The van der Waals surface area contributed by atoms with Crippen LogP contribution in [0.5, 0.6) is 0 Å². The van der Waals surface area contributed by atoms with E-state index in [2.05, 4.69) is 15.6 Å². The summed E-state index contributed by atoms with van der Waals surface area (Å²) in [7, 11) is 1.54. The van der Waals surface area contributed by atoms with Crippen molar-refractivity contribution in [3.05, 3.63) is 94.5 Å². The number of nitrogens with one attached hydrogen (secondary N) is 2. The minimum absolute atomic E-state index is 0.0796. The summed E-state index contributed by atoms with van der Waals surface area (Å²) in [5.74, 6) is -0.534. The van der Waals surface area contributed by atoms with Crippen molar-refractivity contribution in [3.8, 4) is 0 Å². The molecule has 0 spiro atoms. The molecule has 0 bridgehead atoms. The quantitative estimate of drug-likeness (QED) is 0.526. The molecule has 1 unspecified atom stereocenters. The Morgan fingerprint density at radius 2 is 1.76 bits per heavy atom. The van der Waals surface area contributed by atoms with Crippen LogP contribution >= 0.6 is 11.6 Å². The number of alkyl halides is 3. The fourth-order valence-electron chi connectivity index (χ4n) is 3.53. The molecule has 1 aliphatic heterocycles. The first-order chi connectivity index (χ1) is 16.1. The number of halogens is 4. The molecule has 3 aromatic carbocycles. The van der Waals surface area contributed by atoms with Gasteiger partial charge in [0, 0.05) is 28.9 Å². The monoisotopic (exact) mass is 486 g/mol. The van der Waals surface area contributed by atoms with E-state index in [0.717, 1.165) is 12.1 Å². The van der Waals surface area contributed by atoms with Crippen molar-refractivity contribution in [2.45, 2.75) is 12.3 Å². The molecular formula is C24H18ClF3N4O2. The van der Waals surface area contributed by atoms with Gasteiger partial charge in [0.1, 0.15) is 0 Å². The maximum atomic E-state index is 13.1. The second-order valence-electron chi connectivity index (χ2n) is 7.48. The summed E-state index contributed by atoms with van der Waals surface area (Å²) in [6.07, 6.45) is -5.90. The van der Waals surface area contributed by atoms with E-state index >= 15 is 0 Å². The van der Waals surface area contributed by atoms with E-state index in [4.69, 9.17) is 11.6 Å². The molecule has 1 atom stereocenters. The number of benzodiazepines with no additional fused rings is 1. The number of rotatable bonds is 3. The van der Waals surface area contributed by atoms with Gasteiger partial charge in [-0.15, -0.1) is 0 Å². The van der Waals surface area contributed by atoms with Crippen molar-refractivity contribution >= 4 is 40.6 Å². The molecule has 4 rings (SSSR count). The van der Waals surface area contributed by atoms with Crippen LogP contribution in [0, 0.1) is 0 Å². The highest BCUT2D eigenvalue weighted by Gasteiger charge is 2.32. The standard InChI is InChI=1S/C24H18ClF3N4O2/c1-32-19-11-10-16(25)13-18(19)20(14-6-3-2-4-7-14)30-21(22(32)33)31-23(34)29-17-9-5-8-15(12-17)24(26,27)28/h2-13,21H,1H3,(H2,29,31,34). The van der Waals surface area contributed by atoms with Crippen molar-refractivity contribution in [2.24, 2.45) is 4.99 Å². The third-order valence-corrected chi connectivity index (χ3v) is 5.40. The lowest BCUT2D eigenvalue weighted by Gasteiger charge is -2.21. The molecular weight excluding hydrogens is 469 g/mol. The lowest BCUT2D eigenvalue weighted by molar-refractivity contribution is -0.137. The third kappa shape index (κ3) is 4.89. The number of carbonyl (C=O) groups is 2. The molecule has 34 heavy (non-hydrogen) atoms. The topological polar surface area (TPSA) is 73.8 Å². The zero-order valence-electron chi connectivity index (χ0n) is 17.7. The van der Waals surface area contributed by atoms with Crippen LogP contribution in [0.3, 0.4) is 0 Å². The van der Waals surface area contributed by atoms with Gasteiger partial charge in [-0.25, -0.2) is 9.79 Å². The normalized spacial score (nSPS) is 15.8. The van der Waals surface area contributed by atoms with Gasteiger partial charge in [0.05, 0.1) is 17.0 Å². The summed E-state index contributed by atoms with van der Waals surface area (Å²) in [6.45, 7) is 0. The number of carbonyl (C=O) groups excluding carboxylic acids is 2. The van der Waals surface area contributed by atoms with Crippen molar-refractivity contribution in [2.75, 3.05) is 17.3 Å². The van der Waals surface area contributed by atoms with Gasteiger partial charge < -0.3 is 15.5 Å². The van der Waals surface area contributed by atoms with E-state index < -0.39 is 29.8 Å². The first kappa shape index (κ1) is 23.3. The lowest BCUT2D eigenvalue weighted by atomic mass is 10.0. The van der Waals surface area contributed by atoms with Gasteiger partial charge in [-0.1, -0.05) is 48.0 Å². The zero-order valence-corrected chi connectivity index (χ0v) is 18.5. The SMILES string of the molecule is CN1C(=O)C(NC(=O)Nc2cccc(C(F)(F)F)c2)N=C(c2ccccc2)c2cc(Cl)ccc21. The highest BCUT2D eigenvalue weighted by atomic mass is 35.5. The first-order valence-electron chi connectivity index (χ1n) is 10.1.